The van der Waals surface area contributed by atoms with Crippen LogP contribution in [0, 0.1) is 0 Å². The van der Waals surface area contributed by atoms with Crippen molar-refractivity contribution in [1.82, 2.24) is 20.9 Å². The number of nitrogens with zero attached hydrogens (tertiary/aromatic N) is 1. The number of aliphatic hydroxyl groups excluding tert-OH is 3. The minimum absolute atomic E-state index is 0.0328. The van der Waals surface area contributed by atoms with E-state index in [0.717, 1.165) is 4.90 Å². The normalized spacial score (nSPS) is 24.1. The Morgan fingerprint density at radius 2 is 1.51 bits per heavy atom. The van der Waals surface area contributed by atoms with Crippen LogP contribution in [0.15, 0.2) is 0 Å². The third-order valence-electron chi connectivity index (χ3n) is 5.90. The van der Waals surface area contributed by atoms with Crippen LogP contribution in [0.1, 0.15) is 38.5 Å². The van der Waals surface area contributed by atoms with Gasteiger partial charge in [0.1, 0.15) is 24.5 Å². The fourth-order valence-electron chi connectivity index (χ4n) is 3.91. The molecule has 0 aliphatic carbocycles. The molecule has 0 bridgehead atoms. The highest BCUT2D eigenvalue weighted by Gasteiger charge is 2.55. The van der Waals surface area contributed by atoms with E-state index in [1.165, 1.54) is 21.6 Å². The van der Waals surface area contributed by atoms with E-state index in [-0.39, 0.29) is 57.2 Å². The molecule has 5 atom stereocenters. The molecule has 2 heterocycles. The fraction of sp³-hybridized carbons (Fsp3) is 0.727. The van der Waals surface area contributed by atoms with E-state index in [4.69, 9.17) is 9.84 Å². The SMILES string of the molecule is O=C(O)CCC(=O)NCCNC(=O)CCCSSCCC(=O)OCC[C@@H]1[C@@H](O)[C@H](O)[C@H](O)[C@H]2NC(=O)C(=O)N12. The predicted molar refractivity (Wildman–Crippen MR) is 138 cm³/mol. The summed E-state index contributed by atoms with van der Waals surface area (Å²) in [7, 11) is 2.93. The molecule has 4 amide bonds. The number of hydrogen-bond acceptors (Lipinski definition) is 12. The Kier molecular flexibility index (Phi) is 13.8. The number of aliphatic carboxylic acids is 1. The van der Waals surface area contributed by atoms with Gasteiger partial charge in [0, 0.05) is 43.9 Å². The summed E-state index contributed by atoms with van der Waals surface area (Å²) in [4.78, 5) is 70.3. The summed E-state index contributed by atoms with van der Waals surface area (Å²) in [5.74, 6) is -2.87. The quantitative estimate of drug-likeness (QED) is 0.0394. The van der Waals surface area contributed by atoms with Crippen molar-refractivity contribution in [2.24, 2.45) is 0 Å². The molecule has 0 aromatic rings. The molecule has 0 aromatic heterocycles. The topological polar surface area (TPSA) is 232 Å². The summed E-state index contributed by atoms with van der Waals surface area (Å²) >= 11 is 0. The lowest BCUT2D eigenvalue weighted by molar-refractivity contribution is -0.173. The Labute approximate surface area is 232 Å². The van der Waals surface area contributed by atoms with Gasteiger partial charge in [-0.05, 0) is 6.42 Å². The zero-order chi connectivity index (χ0) is 28.9. The van der Waals surface area contributed by atoms with E-state index in [2.05, 4.69) is 16.0 Å². The van der Waals surface area contributed by atoms with Crippen LogP contribution < -0.4 is 16.0 Å². The van der Waals surface area contributed by atoms with Crippen molar-refractivity contribution >= 4 is 57.2 Å². The van der Waals surface area contributed by atoms with Gasteiger partial charge >= 0.3 is 23.8 Å². The van der Waals surface area contributed by atoms with Gasteiger partial charge in [-0.15, -0.1) is 0 Å². The van der Waals surface area contributed by atoms with Crippen LogP contribution in [0.4, 0.5) is 0 Å². The van der Waals surface area contributed by atoms with E-state index in [0.29, 0.717) is 24.3 Å². The first kappa shape index (κ1) is 32.6. The number of amides is 4. The van der Waals surface area contributed by atoms with E-state index < -0.39 is 54.3 Å². The number of carboxylic acids is 1. The van der Waals surface area contributed by atoms with Gasteiger partial charge in [0.2, 0.25) is 11.8 Å². The van der Waals surface area contributed by atoms with E-state index in [1.54, 1.807) is 0 Å². The molecule has 0 aromatic carbocycles. The molecule has 2 rings (SSSR count). The van der Waals surface area contributed by atoms with Gasteiger partial charge in [-0.1, -0.05) is 21.6 Å². The zero-order valence-corrected chi connectivity index (χ0v) is 22.7. The number of fused-ring (bicyclic) bond motifs is 1. The van der Waals surface area contributed by atoms with Crippen molar-refractivity contribution in [2.45, 2.75) is 69.0 Å². The largest absolute Gasteiger partial charge is 0.481 e. The van der Waals surface area contributed by atoms with Crippen molar-refractivity contribution in [2.75, 3.05) is 31.2 Å². The second-order valence-electron chi connectivity index (χ2n) is 8.77. The van der Waals surface area contributed by atoms with Crippen LogP contribution >= 0.6 is 21.6 Å². The molecule has 2 saturated heterocycles. The third kappa shape index (κ3) is 10.5. The van der Waals surface area contributed by atoms with E-state index in [9.17, 15) is 44.1 Å². The maximum atomic E-state index is 12.1. The molecule has 2 aliphatic rings. The highest BCUT2D eigenvalue weighted by atomic mass is 33.1. The van der Waals surface area contributed by atoms with Gasteiger partial charge in [0.25, 0.3) is 0 Å². The number of carbonyl (C=O) groups excluding carboxylic acids is 5. The number of rotatable bonds is 17. The number of esters is 1. The molecule has 7 N–H and O–H groups in total. The molecular formula is C22H34N4O11S2. The summed E-state index contributed by atoms with van der Waals surface area (Å²) in [6, 6.07) is -1.02. The Bertz CT molecular complexity index is 909. The summed E-state index contributed by atoms with van der Waals surface area (Å²) in [5.41, 5.74) is 0. The lowest BCUT2D eigenvalue weighted by Crippen LogP contribution is -2.67. The van der Waals surface area contributed by atoms with E-state index in [1.807, 2.05) is 0 Å². The van der Waals surface area contributed by atoms with Gasteiger partial charge in [-0.2, -0.15) is 0 Å². The van der Waals surface area contributed by atoms with Crippen LogP contribution in [0.3, 0.4) is 0 Å². The molecular weight excluding hydrogens is 560 g/mol. The molecule has 0 saturated carbocycles. The van der Waals surface area contributed by atoms with Crippen LogP contribution in [-0.2, 0) is 33.5 Å². The summed E-state index contributed by atoms with van der Waals surface area (Å²) in [6.45, 7) is 0.297. The zero-order valence-electron chi connectivity index (χ0n) is 21.1. The highest BCUT2D eigenvalue weighted by Crippen LogP contribution is 2.29. The predicted octanol–water partition coefficient (Wildman–Crippen LogP) is -2.68. The van der Waals surface area contributed by atoms with Crippen molar-refractivity contribution in [3.05, 3.63) is 0 Å². The Hall–Kier alpha value is -2.60. The van der Waals surface area contributed by atoms with Crippen molar-refractivity contribution in [3.8, 4) is 0 Å². The van der Waals surface area contributed by atoms with Crippen LogP contribution in [0.2, 0.25) is 0 Å². The van der Waals surface area contributed by atoms with Crippen molar-refractivity contribution < 1.29 is 53.9 Å². The molecule has 39 heavy (non-hydrogen) atoms. The summed E-state index contributed by atoms with van der Waals surface area (Å²) in [6.07, 6.45) is -5.18. The van der Waals surface area contributed by atoms with Crippen LogP contribution in [0.5, 0.6) is 0 Å². The van der Waals surface area contributed by atoms with E-state index >= 15 is 0 Å². The minimum atomic E-state index is -1.58. The van der Waals surface area contributed by atoms with Gasteiger partial charge < -0.3 is 46.0 Å². The molecule has 0 spiro atoms. The van der Waals surface area contributed by atoms with Gasteiger partial charge in [-0.25, -0.2) is 0 Å². The van der Waals surface area contributed by atoms with Crippen LogP contribution in [0.25, 0.3) is 0 Å². The van der Waals surface area contributed by atoms with Gasteiger partial charge in [0.05, 0.1) is 25.5 Å². The Balaban J connectivity index is 1.50. The lowest BCUT2D eigenvalue weighted by atomic mass is 9.90. The maximum absolute atomic E-state index is 12.1. The monoisotopic (exact) mass is 594 g/mol. The third-order valence-corrected chi connectivity index (χ3v) is 8.39. The van der Waals surface area contributed by atoms with Crippen molar-refractivity contribution in [1.29, 1.82) is 0 Å². The highest BCUT2D eigenvalue weighted by molar-refractivity contribution is 8.76. The number of hydrogen-bond donors (Lipinski definition) is 7. The molecule has 220 valence electrons. The first-order valence-corrected chi connectivity index (χ1v) is 14.8. The first-order valence-electron chi connectivity index (χ1n) is 12.4. The Morgan fingerprint density at radius 1 is 0.872 bits per heavy atom. The molecule has 2 fully saturated rings. The second kappa shape index (κ2) is 16.5. The number of aliphatic hydroxyl groups is 3. The lowest BCUT2D eigenvalue weighted by Gasteiger charge is -2.45. The first-order chi connectivity index (χ1) is 18.5. The number of carbonyl (C=O) groups is 6. The maximum Gasteiger partial charge on any atom is 0.314 e. The average Bonchev–Trinajstić information content (AvgIpc) is 3.19. The average molecular weight is 595 g/mol. The standard InChI is InChI=1S/C22H34N4O11S2/c27-13(23-7-8-24-14(28)3-4-15(29)30)2-1-10-38-39-11-6-16(31)37-9-5-12-17(32)18(33)19(34)20-25-21(35)22(36)26(12)20/h12,17-20,32-34H,1-11H2,(H,23,27)(H,24,28)(H,25,35)(H,29,30)/t12-,17-,18+,19+,20+/m1/s1. The molecule has 2 aliphatic heterocycles. The molecule has 0 radical (unpaired) electrons. The number of carboxylic acid groups (broad SMARTS) is 1. The molecule has 17 heteroatoms. The number of nitrogens with one attached hydrogen (secondary N) is 3. The minimum Gasteiger partial charge on any atom is -0.481 e. The van der Waals surface area contributed by atoms with Gasteiger partial charge in [0.15, 0.2) is 0 Å². The summed E-state index contributed by atoms with van der Waals surface area (Å²) in [5, 5.41) is 46.3. The second-order valence-corrected chi connectivity index (χ2v) is 11.5. The molecule has 0 unspecified atom stereocenters. The van der Waals surface area contributed by atoms with Gasteiger partial charge in [-0.3, -0.25) is 28.8 Å². The Morgan fingerprint density at radius 3 is 2.18 bits per heavy atom. The summed E-state index contributed by atoms with van der Waals surface area (Å²) < 4.78 is 5.15. The smallest absolute Gasteiger partial charge is 0.314 e. The van der Waals surface area contributed by atoms with Crippen LogP contribution in [-0.4, -0.2) is 123 Å². The van der Waals surface area contributed by atoms with Crippen molar-refractivity contribution in [3.63, 3.8) is 0 Å². The fourth-order valence-corrected chi connectivity index (χ4v) is 5.97. The number of ether oxygens (including phenoxy) is 1. The molecule has 15 nitrogen and oxygen atoms in total. The number of piperidine rings is 1.